The first-order valence-corrected chi connectivity index (χ1v) is 21.4. The van der Waals surface area contributed by atoms with E-state index in [0.29, 0.717) is 0 Å². The Bertz CT molecular complexity index is 564. The van der Waals surface area contributed by atoms with E-state index in [2.05, 4.69) is 59.2 Å². The molecule has 0 fully saturated rings. The summed E-state index contributed by atoms with van der Waals surface area (Å²) in [5, 5.41) is 0. The number of hydrogen-bond donors (Lipinski definition) is 0. The topological polar surface area (TPSA) is 44.8 Å². The molecule has 0 aromatic carbocycles. The number of unbranched alkanes of at least 4 members (excludes halogenated alkanes) is 11. The maximum Gasteiger partial charge on any atom is 0.316 e. The van der Waals surface area contributed by atoms with Crippen LogP contribution in [0.2, 0.25) is 39.3 Å². The molecule has 0 aliphatic heterocycles. The normalized spacial score (nSPS) is 14.6. The van der Waals surface area contributed by atoms with E-state index in [4.69, 9.17) is 13.6 Å². The minimum atomic E-state index is -1.90. The fourth-order valence-corrected chi connectivity index (χ4v) is 6.35. The fraction of sp³-hybridized carbons (Fsp3) is 0.897. The van der Waals surface area contributed by atoms with Crippen LogP contribution < -0.4 is 0 Å². The summed E-state index contributed by atoms with van der Waals surface area (Å²) in [6, 6.07) is 0. The van der Waals surface area contributed by atoms with Gasteiger partial charge in [-0.2, -0.15) is 0 Å². The molecule has 0 aromatic rings. The molecule has 0 saturated heterocycles. The second-order valence-electron chi connectivity index (χ2n) is 12.1. The number of rotatable bonds is 22. The summed E-state index contributed by atoms with van der Waals surface area (Å²) in [6.45, 7) is 17.8. The maximum atomic E-state index is 12.8. The lowest BCUT2D eigenvalue weighted by Gasteiger charge is -2.30. The summed E-state index contributed by atoms with van der Waals surface area (Å²) in [5.41, 5.74) is 0. The number of carbonyl (C=O) groups excluding carboxylic acids is 1. The Kier molecular flexibility index (Phi) is 19.2. The van der Waals surface area contributed by atoms with E-state index >= 15 is 0 Å². The van der Waals surface area contributed by atoms with Gasteiger partial charge in [-0.25, -0.2) is 0 Å². The van der Waals surface area contributed by atoms with Crippen molar-refractivity contribution >= 4 is 22.6 Å². The molecule has 0 amide bonds. The molecular weight excluding hydrogens is 468 g/mol. The molecule has 208 valence electrons. The molecule has 2 atom stereocenters. The van der Waals surface area contributed by atoms with E-state index in [1.807, 2.05) is 0 Å². The van der Waals surface area contributed by atoms with Crippen molar-refractivity contribution in [3.63, 3.8) is 0 Å². The minimum absolute atomic E-state index is 0.000341. The predicted molar refractivity (Wildman–Crippen MR) is 157 cm³/mol. The molecular formula is C29H60O4Si2. The Morgan fingerprint density at radius 3 is 1.60 bits per heavy atom. The van der Waals surface area contributed by atoms with Crippen LogP contribution in [0.4, 0.5) is 0 Å². The molecule has 4 nitrogen and oxygen atoms in total. The highest BCUT2D eigenvalue weighted by Crippen LogP contribution is 2.28. The van der Waals surface area contributed by atoms with Gasteiger partial charge in [-0.1, -0.05) is 97.3 Å². The fourth-order valence-electron chi connectivity index (χ4n) is 4.34. The summed E-state index contributed by atoms with van der Waals surface area (Å²) in [7, 11) is -2.16. The first-order chi connectivity index (χ1) is 16.4. The van der Waals surface area contributed by atoms with Crippen LogP contribution in [-0.2, 0) is 18.4 Å². The summed E-state index contributed by atoms with van der Waals surface area (Å²) >= 11 is 0. The van der Waals surface area contributed by atoms with Crippen molar-refractivity contribution in [2.75, 3.05) is 7.11 Å². The number of ether oxygens (including phenoxy) is 1. The van der Waals surface area contributed by atoms with Crippen LogP contribution in [0.1, 0.15) is 110 Å². The van der Waals surface area contributed by atoms with Gasteiger partial charge in [-0.3, -0.25) is 4.79 Å². The summed E-state index contributed by atoms with van der Waals surface area (Å²) < 4.78 is 18.4. The van der Waals surface area contributed by atoms with Gasteiger partial charge in [-0.05, 0) is 58.2 Å². The second-order valence-corrected chi connectivity index (χ2v) is 21.0. The molecule has 6 heteroatoms. The molecule has 0 saturated carbocycles. The monoisotopic (exact) mass is 528 g/mol. The van der Waals surface area contributed by atoms with Crippen LogP contribution in [0.5, 0.6) is 0 Å². The molecule has 0 radical (unpaired) electrons. The van der Waals surface area contributed by atoms with Gasteiger partial charge in [0.1, 0.15) is 5.92 Å². The van der Waals surface area contributed by atoms with E-state index in [-0.39, 0.29) is 18.0 Å². The van der Waals surface area contributed by atoms with E-state index < -0.39 is 16.6 Å². The highest BCUT2D eigenvalue weighted by molar-refractivity contribution is 6.70. The average molecular weight is 529 g/mol. The molecule has 35 heavy (non-hydrogen) atoms. The number of esters is 1. The van der Waals surface area contributed by atoms with Gasteiger partial charge >= 0.3 is 5.97 Å². The Morgan fingerprint density at radius 1 is 0.686 bits per heavy atom. The first kappa shape index (κ1) is 34.4. The van der Waals surface area contributed by atoms with Crippen LogP contribution in [0.15, 0.2) is 11.8 Å². The zero-order chi connectivity index (χ0) is 26.7. The van der Waals surface area contributed by atoms with E-state index in [1.165, 1.54) is 71.3 Å². The molecule has 0 aromatic heterocycles. The highest BCUT2D eigenvalue weighted by atomic mass is 28.4. The van der Waals surface area contributed by atoms with E-state index in [0.717, 1.165) is 37.9 Å². The third-order valence-corrected chi connectivity index (χ3v) is 7.90. The highest BCUT2D eigenvalue weighted by Gasteiger charge is 2.31. The van der Waals surface area contributed by atoms with Gasteiger partial charge in [0.05, 0.1) is 19.0 Å². The van der Waals surface area contributed by atoms with E-state index in [9.17, 15) is 4.79 Å². The van der Waals surface area contributed by atoms with Gasteiger partial charge in [0.2, 0.25) is 8.32 Å². The smallest absolute Gasteiger partial charge is 0.316 e. The van der Waals surface area contributed by atoms with Crippen molar-refractivity contribution in [2.24, 2.45) is 5.92 Å². The largest absolute Gasteiger partial charge is 0.547 e. The van der Waals surface area contributed by atoms with Gasteiger partial charge in [-0.15, -0.1) is 0 Å². The molecule has 2 unspecified atom stereocenters. The lowest BCUT2D eigenvalue weighted by atomic mass is 9.97. The Labute approximate surface area is 221 Å². The first-order valence-electron chi connectivity index (χ1n) is 14.6. The number of carbonyl (C=O) groups is 1. The Morgan fingerprint density at radius 2 is 1.14 bits per heavy atom. The van der Waals surface area contributed by atoms with Crippen LogP contribution in [-0.4, -0.2) is 35.8 Å². The molecule has 0 rings (SSSR count). The number of methoxy groups -OCH3 is 1. The van der Waals surface area contributed by atoms with Crippen molar-refractivity contribution in [2.45, 2.75) is 156 Å². The van der Waals surface area contributed by atoms with Gasteiger partial charge < -0.3 is 13.6 Å². The zero-order valence-electron chi connectivity index (χ0n) is 25.0. The third kappa shape index (κ3) is 20.2. The summed E-state index contributed by atoms with van der Waals surface area (Å²) in [6.07, 6.45) is 20.3. The predicted octanol–water partition coefficient (Wildman–Crippen LogP) is 9.62. The van der Waals surface area contributed by atoms with Gasteiger partial charge in [0, 0.05) is 0 Å². The van der Waals surface area contributed by atoms with Crippen molar-refractivity contribution < 1.29 is 18.4 Å². The van der Waals surface area contributed by atoms with Crippen molar-refractivity contribution in [1.29, 1.82) is 0 Å². The van der Waals surface area contributed by atoms with Gasteiger partial charge in [0.15, 0.2) is 8.32 Å². The molecule has 0 bridgehead atoms. The molecule has 0 spiro atoms. The van der Waals surface area contributed by atoms with Crippen LogP contribution in [0.3, 0.4) is 0 Å². The quantitative estimate of drug-likeness (QED) is 0.0607. The van der Waals surface area contributed by atoms with Crippen LogP contribution >= 0.6 is 0 Å². The van der Waals surface area contributed by atoms with Crippen molar-refractivity contribution in [3.05, 3.63) is 11.8 Å². The van der Waals surface area contributed by atoms with Crippen LogP contribution in [0, 0.1) is 5.92 Å². The lowest BCUT2D eigenvalue weighted by molar-refractivity contribution is -0.145. The van der Waals surface area contributed by atoms with Crippen molar-refractivity contribution in [1.82, 2.24) is 0 Å². The number of hydrogen-bond acceptors (Lipinski definition) is 4. The molecule has 0 aliphatic carbocycles. The maximum absolute atomic E-state index is 12.8. The molecule has 0 N–H and O–H groups in total. The zero-order valence-corrected chi connectivity index (χ0v) is 27.0. The molecule has 0 aliphatic rings. The SMILES string of the molecule is CCCCCCCCCCCC(C=C(O[Si](C)(C)C)C(CCCCCC)C(=O)OC)O[Si](C)(C)C. The van der Waals surface area contributed by atoms with Crippen molar-refractivity contribution in [3.8, 4) is 0 Å². The third-order valence-electron chi connectivity index (χ3n) is 6.05. The van der Waals surface area contributed by atoms with Crippen LogP contribution in [0.25, 0.3) is 0 Å². The summed E-state index contributed by atoms with van der Waals surface area (Å²) in [4.78, 5) is 12.8. The molecule has 0 heterocycles. The Hall–Kier alpha value is -0.596. The average Bonchev–Trinajstić information content (AvgIpc) is 2.75. The lowest BCUT2D eigenvalue weighted by Crippen LogP contribution is -2.34. The Balaban J connectivity index is 5.38. The second kappa shape index (κ2) is 19.5. The summed E-state index contributed by atoms with van der Waals surface area (Å²) in [5.74, 6) is 0.284. The van der Waals surface area contributed by atoms with E-state index in [1.54, 1.807) is 0 Å². The standard InChI is InChI=1S/C29H60O4Si2/c1-10-12-14-16-17-18-19-20-21-23-26(32-34(4,5)6)25-28(33-35(7,8)9)27(29(30)31-3)24-22-15-13-11-2/h25-27H,10-24H2,1-9H3. The minimum Gasteiger partial charge on any atom is -0.547 e. The van der Waals surface area contributed by atoms with Gasteiger partial charge in [0.25, 0.3) is 0 Å².